The molecule has 0 atom stereocenters. The number of aromatic nitrogens is 2. The fourth-order valence-corrected chi connectivity index (χ4v) is 3.15. The van der Waals surface area contributed by atoms with Crippen LogP contribution in [0.2, 0.25) is 0 Å². The van der Waals surface area contributed by atoms with E-state index in [0.717, 1.165) is 6.54 Å². The lowest BCUT2D eigenvalue weighted by molar-refractivity contribution is 0.634. The molecular weight excluding hydrogens is 192 g/mol. The Morgan fingerprint density at radius 3 is 2.71 bits per heavy atom. The van der Waals surface area contributed by atoms with Crippen LogP contribution in [0, 0.1) is 0 Å². The van der Waals surface area contributed by atoms with Crippen molar-refractivity contribution in [1.29, 1.82) is 0 Å². The van der Waals surface area contributed by atoms with Crippen molar-refractivity contribution in [3.05, 3.63) is 41.7 Å². The maximum absolute atomic E-state index is 4.02. The van der Waals surface area contributed by atoms with Crippen LogP contribution in [0.15, 0.2) is 41.7 Å². The normalized spacial score (nSPS) is 16.7. The standard InChI is InChI=1S/C11H16N2S/c1(6-13-7-5-12-11-13)2-8-14-9-3-4-10-14/h3-5,7,9-11,14H,1-2,6,8H2. The van der Waals surface area contributed by atoms with Gasteiger partial charge in [-0.1, -0.05) is 12.2 Å². The molecule has 0 spiro atoms. The van der Waals surface area contributed by atoms with Crippen molar-refractivity contribution in [2.75, 3.05) is 5.75 Å². The quantitative estimate of drug-likeness (QED) is 0.582. The summed E-state index contributed by atoms with van der Waals surface area (Å²) in [6.07, 6.45) is 12.7. The van der Waals surface area contributed by atoms with E-state index in [0.29, 0.717) is 0 Å². The number of thiol groups is 1. The molecule has 0 radical (unpaired) electrons. The van der Waals surface area contributed by atoms with Crippen molar-refractivity contribution in [3.8, 4) is 0 Å². The van der Waals surface area contributed by atoms with Crippen molar-refractivity contribution in [1.82, 2.24) is 9.55 Å². The highest BCUT2D eigenvalue weighted by Crippen LogP contribution is 2.33. The van der Waals surface area contributed by atoms with E-state index in [4.69, 9.17) is 0 Å². The lowest BCUT2D eigenvalue weighted by Crippen LogP contribution is -1.95. The lowest BCUT2D eigenvalue weighted by Gasteiger charge is -2.09. The van der Waals surface area contributed by atoms with Crippen LogP contribution < -0.4 is 0 Å². The Balaban J connectivity index is 1.59. The maximum Gasteiger partial charge on any atom is 0.0945 e. The van der Waals surface area contributed by atoms with Gasteiger partial charge in [0.05, 0.1) is 6.33 Å². The Morgan fingerprint density at radius 1 is 1.14 bits per heavy atom. The van der Waals surface area contributed by atoms with E-state index in [1.165, 1.54) is 18.6 Å². The fourth-order valence-electron chi connectivity index (χ4n) is 1.53. The molecule has 2 heterocycles. The zero-order valence-corrected chi connectivity index (χ0v) is 9.11. The largest absolute Gasteiger partial charge is 0.337 e. The molecule has 0 saturated carbocycles. The molecule has 0 fully saturated rings. The van der Waals surface area contributed by atoms with E-state index < -0.39 is 0 Å². The molecule has 76 valence electrons. The molecule has 0 amide bonds. The monoisotopic (exact) mass is 208 g/mol. The molecule has 0 N–H and O–H groups in total. The average Bonchev–Trinajstić information content (AvgIpc) is 2.86. The van der Waals surface area contributed by atoms with E-state index in [9.17, 15) is 0 Å². The number of unbranched alkanes of at least 4 members (excludes halogenated alkanes) is 1. The lowest BCUT2D eigenvalue weighted by atomic mass is 10.3. The van der Waals surface area contributed by atoms with Crippen LogP contribution in [0.5, 0.6) is 0 Å². The van der Waals surface area contributed by atoms with Gasteiger partial charge in [-0.2, -0.15) is 0 Å². The number of allylic oxidation sites excluding steroid dienone is 2. The molecule has 1 aromatic heterocycles. The summed E-state index contributed by atoms with van der Waals surface area (Å²) in [5.74, 6) is 1.34. The summed E-state index contributed by atoms with van der Waals surface area (Å²) in [4.78, 5) is 4.02. The summed E-state index contributed by atoms with van der Waals surface area (Å²) in [5.41, 5.74) is 0. The van der Waals surface area contributed by atoms with Gasteiger partial charge >= 0.3 is 0 Å². The number of rotatable bonds is 5. The molecule has 3 heteroatoms. The minimum atomic E-state index is 0.0998. The van der Waals surface area contributed by atoms with Gasteiger partial charge in [0.1, 0.15) is 0 Å². The predicted molar refractivity (Wildman–Crippen MR) is 63.6 cm³/mol. The van der Waals surface area contributed by atoms with Gasteiger partial charge in [0.15, 0.2) is 0 Å². The van der Waals surface area contributed by atoms with Crippen LogP contribution >= 0.6 is 10.9 Å². The second kappa shape index (κ2) is 5.05. The van der Waals surface area contributed by atoms with E-state index >= 15 is 0 Å². The molecule has 0 bridgehead atoms. The third-order valence-corrected chi connectivity index (χ3v) is 4.25. The molecule has 1 aliphatic rings. The first kappa shape index (κ1) is 9.59. The van der Waals surface area contributed by atoms with Crippen LogP contribution in [-0.2, 0) is 6.54 Å². The van der Waals surface area contributed by atoms with Gasteiger partial charge < -0.3 is 4.57 Å². The van der Waals surface area contributed by atoms with Crippen molar-refractivity contribution in [2.45, 2.75) is 19.4 Å². The second-order valence-corrected chi connectivity index (χ2v) is 5.50. The van der Waals surface area contributed by atoms with Crippen LogP contribution in [0.3, 0.4) is 0 Å². The first-order chi connectivity index (χ1) is 6.95. The van der Waals surface area contributed by atoms with Gasteiger partial charge in [-0.05, 0) is 29.4 Å². The third kappa shape index (κ3) is 2.77. The highest BCUT2D eigenvalue weighted by molar-refractivity contribution is 8.22. The van der Waals surface area contributed by atoms with Gasteiger partial charge in [0.25, 0.3) is 0 Å². The Kier molecular flexibility index (Phi) is 3.46. The summed E-state index contributed by atoms with van der Waals surface area (Å²) in [7, 11) is 0.0998. The molecule has 0 unspecified atom stereocenters. The zero-order valence-electron chi connectivity index (χ0n) is 8.21. The number of hydrogen-bond donors (Lipinski definition) is 1. The Bertz CT molecular complexity index is 302. The van der Waals surface area contributed by atoms with E-state index in [2.05, 4.69) is 32.5 Å². The molecule has 0 saturated heterocycles. The Hall–Kier alpha value is -0.960. The number of nitrogens with zero attached hydrogens (tertiary/aromatic N) is 2. The van der Waals surface area contributed by atoms with Crippen molar-refractivity contribution < 1.29 is 0 Å². The molecular formula is C11H16N2S. The van der Waals surface area contributed by atoms with Crippen molar-refractivity contribution in [2.24, 2.45) is 0 Å². The summed E-state index contributed by atoms with van der Waals surface area (Å²) in [6, 6.07) is 0. The number of aryl methyl sites for hydroxylation is 1. The van der Waals surface area contributed by atoms with E-state index in [1.54, 1.807) is 0 Å². The van der Waals surface area contributed by atoms with Gasteiger partial charge in [-0.3, -0.25) is 0 Å². The fraction of sp³-hybridized carbons (Fsp3) is 0.364. The molecule has 0 aromatic carbocycles. The topological polar surface area (TPSA) is 17.8 Å². The Labute approximate surface area is 87.7 Å². The minimum Gasteiger partial charge on any atom is -0.337 e. The first-order valence-electron chi connectivity index (χ1n) is 5.01. The second-order valence-electron chi connectivity index (χ2n) is 3.43. The van der Waals surface area contributed by atoms with Crippen LogP contribution in [-0.4, -0.2) is 15.3 Å². The van der Waals surface area contributed by atoms with Gasteiger partial charge in [0, 0.05) is 18.9 Å². The van der Waals surface area contributed by atoms with Gasteiger partial charge in [-0.15, -0.1) is 0 Å². The average molecular weight is 208 g/mol. The summed E-state index contributed by atoms with van der Waals surface area (Å²) in [5, 5.41) is 4.68. The van der Waals surface area contributed by atoms with Gasteiger partial charge in [-0.25, -0.2) is 15.9 Å². The SMILES string of the molecule is C1=C[SH](CCCCn2ccnc2)C=C1. The van der Waals surface area contributed by atoms with E-state index in [-0.39, 0.29) is 10.9 Å². The summed E-state index contributed by atoms with van der Waals surface area (Å²) in [6.45, 7) is 1.11. The molecule has 14 heavy (non-hydrogen) atoms. The minimum absolute atomic E-state index is 0.0998. The van der Waals surface area contributed by atoms with Crippen LogP contribution in [0.1, 0.15) is 12.8 Å². The number of imidazole rings is 1. The smallest absolute Gasteiger partial charge is 0.0945 e. The molecule has 0 aliphatic carbocycles. The third-order valence-electron chi connectivity index (χ3n) is 2.31. The van der Waals surface area contributed by atoms with Gasteiger partial charge in [0.2, 0.25) is 0 Å². The highest BCUT2D eigenvalue weighted by atomic mass is 32.2. The first-order valence-corrected chi connectivity index (χ1v) is 6.68. The molecule has 1 aliphatic heterocycles. The molecule has 2 rings (SSSR count). The van der Waals surface area contributed by atoms with E-state index in [1.807, 2.05) is 18.7 Å². The number of hydrogen-bond acceptors (Lipinski definition) is 1. The maximum atomic E-state index is 4.02. The zero-order chi connectivity index (χ0) is 9.64. The van der Waals surface area contributed by atoms with Crippen molar-refractivity contribution >= 4 is 10.9 Å². The highest BCUT2D eigenvalue weighted by Gasteiger charge is 1.98. The summed E-state index contributed by atoms with van der Waals surface area (Å²) < 4.78 is 2.15. The summed E-state index contributed by atoms with van der Waals surface area (Å²) >= 11 is 0. The molecule has 2 nitrogen and oxygen atoms in total. The predicted octanol–water partition coefficient (Wildman–Crippen LogP) is 2.71. The molecule has 1 aromatic rings. The van der Waals surface area contributed by atoms with Crippen molar-refractivity contribution in [3.63, 3.8) is 0 Å². The Morgan fingerprint density at radius 2 is 2.00 bits per heavy atom. The van der Waals surface area contributed by atoms with Crippen LogP contribution in [0.4, 0.5) is 0 Å². The van der Waals surface area contributed by atoms with Crippen LogP contribution in [0.25, 0.3) is 0 Å².